The van der Waals surface area contributed by atoms with Gasteiger partial charge in [0.05, 0.1) is 12.2 Å². The molecule has 0 bridgehead atoms. The van der Waals surface area contributed by atoms with E-state index < -0.39 is 0 Å². The molecule has 2 amide bonds. The number of hydrogen-bond acceptors (Lipinski definition) is 3. The molecule has 1 aliphatic rings. The molecular formula is C22H24N4O2. The first-order chi connectivity index (χ1) is 13.7. The highest BCUT2D eigenvalue weighted by atomic mass is 16.2. The summed E-state index contributed by atoms with van der Waals surface area (Å²) in [7, 11) is 0. The van der Waals surface area contributed by atoms with E-state index in [-0.39, 0.29) is 11.6 Å². The quantitative estimate of drug-likeness (QED) is 0.719. The second-order valence-electron chi connectivity index (χ2n) is 7.13. The molecule has 28 heavy (non-hydrogen) atoms. The SMILES string of the molecule is O=C(NCCn1nc2c(cc1=O)CCCC2)NCc1cccc2ccccc12. The average molecular weight is 376 g/mol. The Morgan fingerprint density at radius 2 is 1.86 bits per heavy atom. The first-order valence-corrected chi connectivity index (χ1v) is 9.79. The van der Waals surface area contributed by atoms with Crippen molar-refractivity contribution < 1.29 is 4.79 Å². The molecule has 144 valence electrons. The van der Waals surface area contributed by atoms with Crippen LogP contribution in [0.4, 0.5) is 4.79 Å². The Labute approximate surface area is 163 Å². The summed E-state index contributed by atoms with van der Waals surface area (Å²) in [6.45, 7) is 1.17. The lowest BCUT2D eigenvalue weighted by Crippen LogP contribution is -2.38. The second kappa shape index (κ2) is 8.25. The Morgan fingerprint density at radius 1 is 1.04 bits per heavy atom. The highest BCUT2D eigenvalue weighted by molar-refractivity contribution is 5.86. The van der Waals surface area contributed by atoms with E-state index in [4.69, 9.17) is 0 Å². The monoisotopic (exact) mass is 376 g/mol. The van der Waals surface area contributed by atoms with E-state index in [1.807, 2.05) is 24.3 Å². The fraction of sp³-hybridized carbons (Fsp3) is 0.318. The number of nitrogens with one attached hydrogen (secondary N) is 2. The van der Waals surface area contributed by atoms with Gasteiger partial charge < -0.3 is 10.6 Å². The molecule has 1 aromatic heterocycles. The zero-order chi connectivity index (χ0) is 19.3. The molecule has 0 atom stereocenters. The maximum absolute atomic E-state index is 12.2. The third-order valence-corrected chi connectivity index (χ3v) is 5.20. The summed E-state index contributed by atoms with van der Waals surface area (Å²) in [5, 5.41) is 12.4. The molecule has 1 aliphatic carbocycles. The van der Waals surface area contributed by atoms with Gasteiger partial charge in [-0.2, -0.15) is 5.10 Å². The second-order valence-corrected chi connectivity index (χ2v) is 7.13. The molecule has 4 rings (SSSR count). The van der Waals surface area contributed by atoms with E-state index in [0.717, 1.165) is 53.3 Å². The van der Waals surface area contributed by atoms with Crippen LogP contribution in [-0.4, -0.2) is 22.4 Å². The Morgan fingerprint density at radius 3 is 2.79 bits per heavy atom. The molecule has 0 spiro atoms. The molecular weight excluding hydrogens is 352 g/mol. The van der Waals surface area contributed by atoms with Crippen molar-refractivity contribution in [3.05, 3.63) is 75.7 Å². The molecule has 2 N–H and O–H groups in total. The van der Waals surface area contributed by atoms with Crippen molar-refractivity contribution in [2.24, 2.45) is 0 Å². The van der Waals surface area contributed by atoms with Crippen molar-refractivity contribution in [1.82, 2.24) is 20.4 Å². The highest BCUT2D eigenvalue weighted by Gasteiger charge is 2.13. The zero-order valence-corrected chi connectivity index (χ0v) is 15.8. The van der Waals surface area contributed by atoms with Crippen molar-refractivity contribution in [3.63, 3.8) is 0 Å². The van der Waals surface area contributed by atoms with Crippen LogP contribution in [0.3, 0.4) is 0 Å². The fourth-order valence-electron chi connectivity index (χ4n) is 3.72. The van der Waals surface area contributed by atoms with E-state index >= 15 is 0 Å². The summed E-state index contributed by atoms with van der Waals surface area (Å²) < 4.78 is 1.45. The van der Waals surface area contributed by atoms with Gasteiger partial charge in [-0.05, 0) is 47.6 Å². The normalized spacial score (nSPS) is 13.1. The van der Waals surface area contributed by atoms with Crippen LogP contribution in [0.5, 0.6) is 0 Å². The Bertz CT molecular complexity index is 1050. The van der Waals surface area contributed by atoms with Crippen molar-refractivity contribution in [2.75, 3.05) is 6.54 Å². The predicted octanol–water partition coefficient (Wildman–Crippen LogP) is 2.77. The summed E-state index contributed by atoms with van der Waals surface area (Å²) in [6.07, 6.45) is 4.10. The summed E-state index contributed by atoms with van der Waals surface area (Å²) in [5.74, 6) is 0. The summed E-state index contributed by atoms with van der Waals surface area (Å²) in [6, 6.07) is 15.6. The van der Waals surface area contributed by atoms with Crippen LogP contribution in [-0.2, 0) is 25.9 Å². The minimum atomic E-state index is -0.251. The van der Waals surface area contributed by atoms with Crippen molar-refractivity contribution in [2.45, 2.75) is 38.8 Å². The number of amides is 2. The number of carbonyl (C=O) groups excluding carboxylic acids is 1. The molecule has 0 aliphatic heterocycles. The lowest BCUT2D eigenvalue weighted by molar-refractivity contribution is 0.240. The number of urea groups is 1. The first kappa shape index (κ1) is 18.2. The molecule has 0 radical (unpaired) electrons. The minimum Gasteiger partial charge on any atom is -0.336 e. The van der Waals surface area contributed by atoms with E-state index in [0.29, 0.717) is 19.6 Å². The number of hydrogen-bond donors (Lipinski definition) is 2. The molecule has 6 nitrogen and oxygen atoms in total. The lowest BCUT2D eigenvalue weighted by Gasteiger charge is -2.16. The number of aromatic nitrogens is 2. The molecule has 0 saturated carbocycles. The van der Waals surface area contributed by atoms with Crippen molar-refractivity contribution >= 4 is 16.8 Å². The fourth-order valence-corrected chi connectivity index (χ4v) is 3.72. The van der Waals surface area contributed by atoms with Gasteiger partial charge in [-0.1, -0.05) is 42.5 Å². The maximum atomic E-state index is 12.2. The van der Waals surface area contributed by atoms with Gasteiger partial charge in [-0.15, -0.1) is 0 Å². The molecule has 1 heterocycles. The van der Waals surface area contributed by atoms with E-state index in [2.05, 4.69) is 33.9 Å². The molecule has 0 fully saturated rings. The van der Waals surface area contributed by atoms with Crippen LogP contribution in [0, 0.1) is 0 Å². The third-order valence-electron chi connectivity index (χ3n) is 5.20. The minimum absolute atomic E-state index is 0.0985. The molecule has 0 saturated heterocycles. The molecule has 3 aromatic rings. The van der Waals surface area contributed by atoms with Crippen LogP contribution in [0.25, 0.3) is 10.8 Å². The topological polar surface area (TPSA) is 76.0 Å². The number of carbonyl (C=O) groups is 1. The van der Waals surface area contributed by atoms with Gasteiger partial charge >= 0.3 is 6.03 Å². The van der Waals surface area contributed by atoms with Crippen LogP contribution >= 0.6 is 0 Å². The Hall–Kier alpha value is -3.15. The zero-order valence-electron chi connectivity index (χ0n) is 15.8. The van der Waals surface area contributed by atoms with E-state index in [9.17, 15) is 9.59 Å². The van der Waals surface area contributed by atoms with Gasteiger partial charge in [0.15, 0.2) is 0 Å². The van der Waals surface area contributed by atoms with Gasteiger partial charge in [-0.3, -0.25) is 4.79 Å². The number of benzene rings is 2. The van der Waals surface area contributed by atoms with Crippen molar-refractivity contribution in [1.29, 1.82) is 0 Å². The molecule has 6 heteroatoms. The lowest BCUT2D eigenvalue weighted by atomic mass is 9.97. The number of fused-ring (bicyclic) bond motifs is 2. The van der Waals surface area contributed by atoms with Gasteiger partial charge in [0.2, 0.25) is 0 Å². The number of rotatable bonds is 5. The summed E-state index contributed by atoms with van der Waals surface area (Å²) in [4.78, 5) is 24.3. The number of aryl methyl sites for hydroxylation is 2. The van der Waals surface area contributed by atoms with Crippen LogP contribution in [0.15, 0.2) is 53.3 Å². The van der Waals surface area contributed by atoms with Gasteiger partial charge in [0, 0.05) is 19.2 Å². The Balaban J connectivity index is 1.31. The molecule has 0 unspecified atom stereocenters. The largest absolute Gasteiger partial charge is 0.336 e. The average Bonchev–Trinajstić information content (AvgIpc) is 2.72. The van der Waals surface area contributed by atoms with Gasteiger partial charge in [0.25, 0.3) is 5.56 Å². The smallest absolute Gasteiger partial charge is 0.315 e. The van der Waals surface area contributed by atoms with Crippen LogP contribution < -0.4 is 16.2 Å². The van der Waals surface area contributed by atoms with Crippen molar-refractivity contribution in [3.8, 4) is 0 Å². The summed E-state index contributed by atoms with van der Waals surface area (Å²) in [5.41, 5.74) is 3.07. The van der Waals surface area contributed by atoms with Gasteiger partial charge in [-0.25, -0.2) is 9.48 Å². The molecule has 2 aromatic carbocycles. The van der Waals surface area contributed by atoms with Crippen LogP contribution in [0.2, 0.25) is 0 Å². The summed E-state index contributed by atoms with van der Waals surface area (Å²) >= 11 is 0. The van der Waals surface area contributed by atoms with Gasteiger partial charge in [0.1, 0.15) is 0 Å². The standard InChI is InChI=1S/C22H24N4O2/c27-21-14-17-7-2-4-11-20(17)25-26(21)13-12-23-22(28)24-15-18-9-5-8-16-6-1-3-10-19(16)18/h1,3,5-6,8-10,14H,2,4,7,11-13,15H2,(H2,23,24,28). The van der Waals surface area contributed by atoms with Crippen LogP contribution in [0.1, 0.15) is 29.7 Å². The maximum Gasteiger partial charge on any atom is 0.315 e. The third kappa shape index (κ3) is 4.06. The predicted molar refractivity (Wildman–Crippen MR) is 109 cm³/mol. The Kier molecular flexibility index (Phi) is 5.37. The highest BCUT2D eigenvalue weighted by Crippen LogP contribution is 2.18. The van der Waals surface area contributed by atoms with E-state index in [1.54, 1.807) is 6.07 Å². The van der Waals surface area contributed by atoms with E-state index in [1.165, 1.54) is 4.68 Å². The first-order valence-electron chi connectivity index (χ1n) is 9.79. The number of nitrogens with zero attached hydrogens (tertiary/aromatic N) is 2.